The first-order valence-electron chi connectivity index (χ1n) is 38.2. The number of hydrogen-bond acceptors (Lipinski definition) is 15. The van der Waals surface area contributed by atoms with Gasteiger partial charge in [-0.2, -0.15) is 0 Å². The van der Waals surface area contributed by atoms with Gasteiger partial charge in [0.05, 0.1) is 26.4 Å². The number of esters is 4. The van der Waals surface area contributed by atoms with Crippen molar-refractivity contribution in [3.8, 4) is 0 Å². The molecular formula is C74H144O17P2. The molecule has 17 nitrogen and oxygen atoms in total. The number of carbonyl (C=O) groups is 4. The van der Waals surface area contributed by atoms with Crippen molar-refractivity contribution >= 4 is 39.5 Å². The van der Waals surface area contributed by atoms with E-state index in [4.69, 9.17) is 37.0 Å². The summed E-state index contributed by atoms with van der Waals surface area (Å²) in [5.41, 5.74) is 0. The van der Waals surface area contributed by atoms with Gasteiger partial charge in [-0.25, -0.2) is 9.13 Å². The fourth-order valence-corrected chi connectivity index (χ4v) is 12.7. The lowest BCUT2D eigenvalue weighted by Gasteiger charge is -2.21. The van der Waals surface area contributed by atoms with Crippen LogP contribution in [0.15, 0.2) is 0 Å². The minimum absolute atomic E-state index is 0.103. The molecule has 0 aliphatic rings. The van der Waals surface area contributed by atoms with Gasteiger partial charge in [0.15, 0.2) is 12.2 Å². The molecule has 93 heavy (non-hydrogen) atoms. The third kappa shape index (κ3) is 67.0. The Kier molecular flexibility index (Phi) is 62.2. The molecule has 552 valence electrons. The van der Waals surface area contributed by atoms with Gasteiger partial charge in [0.25, 0.3) is 0 Å². The van der Waals surface area contributed by atoms with E-state index >= 15 is 0 Å². The minimum atomic E-state index is -4.95. The second kappa shape index (κ2) is 63.5. The Bertz CT molecular complexity index is 1840. The molecule has 0 saturated heterocycles. The van der Waals surface area contributed by atoms with Crippen molar-refractivity contribution < 1.29 is 80.2 Å². The van der Waals surface area contributed by atoms with Crippen LogP contribution in [0.25, 0.3) is 0 Å². The Hall–Kier alpha value is -1.94. The number of carbonyl (C=O) groups excluding carboxylic acids is 4. The van der Waals surface area contributed by atoms with E-state index in [0.717, 1.165) is 114 Å². The van der Waals surface area contributed by atoms with Gasteiger partial charge in [-0.1, -0.05) is 319 Å². The first kappa shape index (κ1) is 91.1. The van der Waals surface area contributed by atoms with Crippen LogP contribution >= 0.6 is 15.6 Å². The SMILES string of the molecule is CCC(C)CCCCCCCCC(=O)O[C@H](COC(=O)CCCCCCCCCCCCCCCCCC(C)C)COP(=O)(O)OC[C@@H](O)COP(=O)(O)OC[C@@H](COC(=O)CCCCCCCCC(C)C)OC(=O)CCCCCCCCCCCCCCCC(C)C. The molecule has 0 rings (SSSR count). The summed E-state index contributed by atoms with van der Waals surface area (Å²) in [4.78, 5) is 72.6. The summed E-state index contributed by atoms with van der Waals surface area (Å²) in [6.45, 7) is 14.1. The summed E-state index contributed by atoms with van der Waals surface area (Å²) in [6.07, 6.45) is 47.4. The summed E-state index contributed by atoms with van der Waals surface area (Å²) in [6, 6.07) is 0. The highest BCUT2D eigenvalue weighted by Gasteiger charge is 2.30. The zero-order valence-corrected chi connectivity index (χ0v) is 62.7. The van der Waals surface area contributed by atoms with Gasteiger partial charge in [-0.15, -0.1) is 0 Å². The van der Waals surface area contributed by atoms with Crippen molar-refractivity contribution in [3.63, 3.8) is 0 Å². The lowest BCUT2D eigenvalue weighted by molar-refractivity contribution is -0.161. The van der Waals surface area contributed by atoms with Crippen LogP contribution in [0.1, 0.15) is 370 Å². The van der Waals surface area contributed by atoms with Crippen LogP contribution < -0.4 is 0 Å². The predicted octanol–water partition coefficient (Wildman–Crippen LogP) is 21.3. The van der Waals surface area contributed by atoms with Crippen LogP contribution in [0.3, 0.4) is 0 Å². The largest absolute Gasteiger partial charge is 0.472 e. The fraction of sp³-hybridized carbons (Fsp3) is 0.946. The van der Waals surface area contributed by atoms with Gasteiger partial charge in [0, 0.05) is 25.7 Å². The normalized spacial score (nSPS) is 14.5. The molecule has 0 radical (unpaired) electrons. The van der Waals surface area contributed by atoms with Gasteiger partial charge in [-0.3, -0.25) is 37.3 Å². The van der Waals surface area contributed by atoms with Crippen molar-refractivity contribution in [3.05, 3.63) is 0 Å². The molecule has 0 spiro atoms. The lowest BCUT2D eigenvalue weighted by atomic mass is 10.00. The number of rotatable bonds is 71. The molecule has 19 heteroatoms. The minimum Gasteiger partial charge on any atom is -0.462 e. The number of unbranched alkanes of at least 4 members (excludes halogenated alkanes) is 36. The first-order chi connectivity index (χ1) is 44.6. The van der Waals surface area contributed by atoms with Gasteiger partial charge >= 0.3 is 39.5 Å². The van der Waals surface area contributed by atoms with Crippen LogP contribution in [-0.2, 0) is 65.4 Å². The monoisotopic (exact) mass is 1370 g/mol. The quantitative estimate of drug-likeness (QED) is 0.0222. The Balaban J connectivity index is 5.18. The third-order valence-corrected chi connectivity index (χ3v) is 19.3. The van der Waals surface area contributed by atoms with E-state index in [9.17, 15) is 43.2 Å². The van der Waals surface area contributed by atoms with E-state index < -0.39 is 97.5 Å². The molecule has 0 bridgehead atoms. The third-order valence-electron chi connectivity index (χ3n) is 17.4. The molecule has 0 aromatic rings. The Morgan fingerprint density at radius 1 is 0.301 bits per heavy atom. The van der Waals surface area contributed by atoms with Gasteiger partial charge in [-0.05, 0) is 49.4 Å². The molecule has 0 aliphatic heterocycles. The molecule has 0 heterocycles. The molecule has 0 aromatic heterocycles. The molecule has 0 saturated carbocycles. The van der Waals surface area contributed by atoms with Crippen LogP contribution in [0.5, 0.6) is 0 Å². The van der Waals surface area contributed by atoms with Gasteiger partial charge < -0.3 is 33.8 Å². The van der Waals surface area contributed by atoms with E-state index in [1.54, 1.807) is 0 Å². The van der Waals surface area contributed by atoms with Gasteiger partial charge in [0.2, 0.25) is 0 Å². The zero-order chi connectivity index (χ0) is 68.9. The molecular weight excluding hydrogens is 1220 g/mol. The Morgan fingerprint density at radius 3 is 0.763 bits per heavy atom. The van der Waals surface area contributed by atoms with Crippen molar-refractivity contribution in [1.82, 2.24) is 0 Å². The molecule has 3 N–H and O–H groups in total. The smallest absolute Gasteiger partial charge is 0.462 e. The van der Waals surface area contributed by atoms with Crippen LogP contribution in [-0.4, -0.2) is 96.7 Å². The second-order valence-electron chi connectivity index (χ2n) is 28.4. The summed E-state index contributed by atoms with van der Waals surface area (Å²) in [5.74, 6) is 0.864. The van der Waals surface area contributed by atoms with Crippen LogP contribution in [0.2, 0.25) is 0 Å². The zero-order valence-electron chi connectivity index (χ0n) is 60.9. The maximum absolute atomic E-state index is 13.0. The lowest BCUT2D eigenvalue weighted by Crippen LogP contribution is -2.30. The number of hydrogen-bond donors (Lipinski definition) is 3. The summed E-state index contributed by atoms with van der Waals surface area (Å²) in [5, 5.41) is 10.6. The molecule has 0 amide bonds. The molecule has 0 aliphatic carbocycles. The maximum Gasteiger partial charge on any atom is 0.472 e. The highest BCUT2D eigenvalue weighted by atomic mass is 31.2. The molecule has 0 aromatic carbocycles. The van der Waals surface area contributed by atoms with Gasteiger partial charge in [0.1, 0.15) is 19.3 Å². The number of ether oxygens (including phenoxy) is 4. The first-order valence-corrected chi connectivity index (χ1v) is 41.2. The topological polar surface area (TPSA) is 237 Å². The highest BCUT2D eigenvalue weighted by molar-refractivity contribution is 7.47. The Labute approximate surface area is 568 Å². The number of phosphoric ester groups is 2. The molecule has 0 fully saturated rings. The summed E-state index contributed by atoms with van der Waals surface area (Å²) >= 11 is 0. The van der Waals surface area contributed by atoms with E-state index in [-0.39, 0.29) is 25.7 Å². The van der Waals surface area contributed by atoms with Crippen molar-refractivity contribution in [2.45, 2.75) is 388 Å². The number of aliphatic hydroxyl groups excluding tert-OH is 1. The van der Waals surface area contributed by atoms with Crippen molar-refractivity contribution in [1.29, 1.82) is 0 Å². The standard InChI is InChI=1S/C74H144O17P2/c1-9-67(8)53-45-37-31-33-41-49-57-74(79)91-70(60-84-71(76)54-46-38-28-24-20-16-12-10-11-14-18-22-26-34-42-50-64(2)3)63-89-93(82,83)87-59-68(75)58-86-92(80,81)88-62-69(61-85-72(77)55-47-39-32-30-36-44-52-66(6)7)90-73(78)56-48-40-29-25-21-17-13-15-19-23-27-35-43-51-65(4)5/h64-70,75H,9-63H2,1-8H3,(H,80,81)(H,82,83)/t67?,68-,69+,70+/m0/s1. The number of phosphoric acid groups is 2. The van der Waals surface area contributed by atoms with Crippen molar-refractivity contribution in [2.75, 3.05) is 39.6 Å². The highest BCUT2D eigenvalue weighted by Crippen LogP contribution is 2.45. The maximum atomic E-state index is 13.0. The Morgan fingerprint density at radius 2 is 0.516 bits per heavy atom. The average Bonchev–Trinajstić information content (AvgIpc) is 3.32. The van der Waals surface area contributed by atoms with Crippen LogP contribution in [0, 0.1) is 23.7 Å². The van der Waals surface area contributed by atoms with Crippen molar-refractivity contribution in [2.24, 2.45) is 23.7 Å². The summed E-state index contributed by atoms with van der Waals surface area (Å²) in [7, 11) is -9.91. The van der Waals surface area contributed by atoms with E-state index in [1.165, 1.54) is 167 Å². The molecule has 3 unspecified atom stereocenters. The fourth-order valence-electron chi connectivity index (χ4n) is 11.2. The summed E-state index contributed by atoms with van der Waals surface area (Å²) < 4.78 is 68.4. The molecule has 6 atom stereocenters. The average molecular weight is 1370 g/mol. The van der Waals surface area contributed by atoms with E-state index in [1.807, 2.05) is 0 Å². The van der Waals surface area contributed by atoms with Crippen LogP contribution in [0.4, 0.5) is 0 Å². The van der Waals surface area contributed by atoms with E-state index in [0.29, 0.717) is 31.6 Å². The number of aliphatic hydroxyl groups is 1. The van der Waals surface area contributed by atoms with E-state index in [2.05, 4.69) is 55.4 Å². The predicted molar refractivity (Wildman–Crippen MR) is 377 cm³/mol. The second-order valence-corrected chi connectivity index (χ2v) is 31.3.